The van der Waals surface area contributed by atoms with Gasteiger partial charge in [0.1, 0.15) is 5.78 Å². The van der Waals surface area contributed by atoms with Crippen LogP contribution in [-0.4, -0.2) is 5.78 Å². The number of carbonyl (C=O) groups excluding carboxylic acids is 1. The molecule has 0 aromatic carbocycles. The predicted molar refractivity (Wildman–Crippen MR) is 69.4 cm³/mol. The van der Waals surface area contributed by atoms with Gasteiger partial charge < -0.3 is 0 Å². The third kappa shape index (κ3) is 2.87. The van der Waals surface area contributed by atoms with E-state index in [9.17, 15) is 4.79 Å². The van der Waals surface area contributed by atoms with Gasteiger partial charge in [0.2, 0.25) is 0 Å². The summed E-state index contributed by atoms with van der Waals surface area (Å²) < 4.78 is 0. The first-order valence-electron chi connectivity index (χ1n) is 6.92. The molecule has 0 spiro atoms. The molecule has 1 rings (SSSR count). The molecule has 2 unspecified atom stereocenters. The van der Waals surface area contributed by atoms with Crippen LogP contribution >= 0.6 is 0 Å². The van der Waals surface area contributed by atoms with Crippen LogP contribution in [0.2, 0.25) is 0 Å². The van der Waals surface area contributed by atoms with Crippen LogP contribution in [0.3, 0.4) is 0 Å². The maximum Gasteiger partial charge on any atom is 0.135 e. The van der Waals surface area contributed by atoms with E-state index in [4.69, 9.17) is 0 Å². The van der Waals surface area contributed by atoms with Gasteiger partial charge in [0, 0.05) is 12.3 Å². The molecule has 0 saturated heterocycles. The average Bonchev–Trinajstić information content (AvgIpc) is 2.50. The van der Waals surface area contributed by atoms with E-state index in [0.29, 0.717) is 17.6 Å². The summed E-state index contributed by atoms with van der Waals surface area (Å²) in [5, 5.41) is 0. The van der Waals surface area contributed by atoms with Gasteiger partial charge in [-0.05, 0) is 42.9 Å². The van der Waals surface area contributed by atoms with Gasteiger partial charge in [0.25, 0.3) is 0 Å². The second-order valence-corrected chi connectivity index (χ2v) is 6.29. The number of rotatable bonds is 5. The lowest BCUT2D eigenvalue weighted by Crippen LogP contribution is -2.24. The summed E-state index contributed by atoms with van der Waals surface area (Å²) in [6.07, 6.45) is 5.76. The second kappa shape index (κ2) is 5.33. The van der Waals surface area contributed by atoms with Crippen molar-refractivity contribution in [2.24, 2.45) is 23.2 Å². The van der Waals surface area contributed by atoms with Crippen molar-refractivity contribution in [2.75, 3.05) is 0 Å². The summed E-state index contributed by atoms with van der Waals surface area (Å²) in [6, 6.07) is 0. The highest BCUT2D eigenvalue weighted by Gasteiger charge is 2.39. The smallest absolute Gasteiger partial charge is 0.135 e. The van der Waals surface area contributed by atoms with Crippen molar-refractivity contribution in [3.05, 3.63) is 0 Å². The zero-order valence-electron chi connectivity index (χ0n) is 11.7. The summed E-state index contributed by atoms with van der Waals surface area (Å²) in [7, 11) is 0. The van der Waals surface area contributed by atoms with Crippen LogP contribution in [0, 0.1) is 23.2 Å². The number of hydrogen-bond acceptors (Lipinski definition) is 1. The Morgan fingerprint density at radius 3 is 2.44 bits per heavy atom. The van der Waals surface area contributed by atoms with Crippen LogP contribution < -0.4 is 0 Å². The normalized spacial score (nSPS) is 30.3. The third-order valence-corrected chi connectivity index (χ3v) is 5.12. The highest BCUT2D eigenvalue weighted by atomic mass is 16.1. The lowest BCUT2D eigenvalue weighted by Gasteiger charge is -2.31. The van der Waals surface area contributed by atoms with Crippen molar-refractivity contribution < 1.29 is 4.79 Å². The molecule has 0 aliphatic heterocycles. The quantitative estimate of drug-likeness (QED) is 0.674. The number of hydrogen-bond donors (Lipinski definition) is 0. The van der Waals surface area contributed by atoms with E-state index in [-0.39, 0.29) is 5.92 Å². The molecule has 1 heteroatoms. The summed E-state index contributed by atoms with van der Waals surface area (Å²) in [6.45, 7) is 11.3. The predicted octanol–water partition coefficient (Wildman–Crippen LogP) is 4.45. The van der Waals surface area contributed by atoms with Crippen molar-refractivity contribution in [1.29, 1.82) is 0 Å². The summed E-state index contributed by atoms with van der Waals surface area (Å²) in [4.78, 5) is 11.5. The largest absolute Gasteiger partial charge is 0.299 e. The fraction of sp³-hybridized carbons (Fsp3) is 0.933. The molecule has 3 atom stereocenters. The van der Waals surface area contributed by atoms with Crippen LogP contribution in [0.25, 0.3) is 0 Å². The van der Waals surface area contributed by atoms with Gasteiger partial charge in [-0.1, -0.05) is 34.6 Å². The Balaban J connectivity index is 2.42. The molecule has 1 aliphatic carbocycles. The standard InChI is InChI=1S/C15H28O/c1-6-14(16)11(2)7-9-13-10-8-12(3)15(13,4)5/h11-13H,6-10H2,1-5H3/t11?,12?,13-/m1/s1. The van der Waals surface area contributed by atoms with Crippen molar-refractivity contribution in [2.45, 2.75) is 66.7 Å². The Bertz CT molecular complexity index is 242. The molecule has 0 aromatic rings. The van der Waals surface area contributed by atoms with Gasteiger partial charge in [-0.3, -0.25) is 4.79 Å². The molecule has 0 heterocycles. The fourth-order valence-electron chi connectivity index (χ4n) is 3.07. The van der Waals surface area contributed by atoms with E-state index < -0.39 is 0 Å². The molecule has 0 radical (unpaired) electrons. The molecule has 1 saturated carbocycles. The van der Waals surface area contributed by atoms with Gasteiger partial charge in [0.05, 0.1) is 0 Å². The minimum absolute atomic E-state index is 0.275. The number of carbonyl (C=O) groups is 1. The number of ketones is 1. The van der Waals surface area contributed by atoms with E-state index in [2.05, 4.69) is 27.7 Å². The first-order chi connectivity index (χ1) is 7.39. The van der Waals surface area contributed by atoms with Gasteiger partial charge in [0.15, 0.2) is 0 Å². The van der Waals surface area contributed by atoms with Crippen LogP contribution in [0.4, 0.5) is 0 Å². The summed E-state index contributed by atoms with van der Waals surface area (Å²) in [5.74, 6) is 2.38. The van der Waals surface area contributed by atoms with Gasteiger partial charge in [-0.25, -0.2) is 0 Å². The molecule has 1 fully saturated rings. The molecule has 16 heavy (non-hydrogen) atoms. The molecular weight excluding hydrogens is 196 g/mol. The monoisotopic (exact) mass is 224 g/mol. The average molecular weight is 224 g/mol. The molecule has 1 aliphatic rings. The van der Waals surface area contributed by atoms with E-state index in [1.165, 1.54) is 19.3 Å². The van der Waals surface area contributed by atoms with Gasteiger partial charge in [-0.15, -0.1) is 0 Å². The van der Waals surface area contributed by atoms with Crippen LogP contribution in [0.5, 0.6) is 0 Å². The second-order valence-electron chi connectivity index (χ2n) is 6.29. The number of Topliss-reactive ketones (excluding diaryl/α,β-unsaturated/α-hetero) is 1. The zero-order valence-corrected chi connectivity index (χ0v) is 11.7. The maximum atomic E-state index is 11.5. The minimum atomic E-state index is 0.275. The lowest BCUT2D eigenvalue weighted by atomic mass is 9.74. The van der Waals surface area contributed by atoms with Crippen molar-refractivity contribution >= 4 is 5.78 Å². The molecule has 0 amide bonds. The first kappa shape index (κ1) is 13.7. The van der Waals surface area contributed by atoms with Crippen molar-refractivity contribution in [3.63, 3.8) is 0 Å². The highest BCUT2D eigenvalue weighted by Crippen LogP contribution is 2.49. The topological polar surface area (TPSA) is 17.1 Å². The Morgan fingerprint density at radius 2 is 2.00 bits per heavy atom. The summed E-state index contributed by atoms with van der Waals surface area (Å²) >= 11 is 0. The molecular formula is C15H28O. The first-order valence-corrected chi connectivity index (χ1v) is 6.92. The Kier molecular flexibility index (Phi) is 4.58. The third-order valence-electron chi connectivity index (χ3n) is 5.12. The Morgan fingerprint density at radius 1 is 1.38 bits per heavy atom. The zero-order chi connectivity index (χ0) is 12.3. The van der Waals surface area contributed by atoms with Gasteiger partial charge >= 0.3 is 0 Å². The van der Waals surface area contributed by atoms with Crippen molar-refractivity contribution in [1.82, 2.24) is 0 Å². The molecule has 94 valence electrons. The molecule has 0 aromatic heterocycles. The van der Waals surface area contributed by atoms with E-state index in [1.807, 2.05) is 6.92 Å². The fourth-order valence-corrected chi connectivity index (χ4v) is 3.07. The highest BCUT2D eigenvalue weighted by molar-refractivity contribution is 5.80. The van der Waals surface area contributed by atoms with Gasteiger partial charge in [-0.2, -0.15) is 0 Å². The minimum Gasteiger partial charge on any atom is -0.299 e. The SMILES string of the molecule is CCC(=O)C(C)CC[C@@H]1CCC(C)C1(C)C. The Labute approximate surface area is 101 Å². The van der Waals surface area contributed by atoms with Crippen LogP contribution in [0.15, 0.2) is 0 Å². The maximum absolute atomic E-state index is 11.5. The van der Waals surface area contributed by atoms with E-state index in [1.54, 1.807) is 0 Å². The van der Waals surface area contributed by atoms with E-state index in [0.717, 1.165) is 18.3 Å². The summed E-state index contributed by atoms with van der Waals surface area (Å²) in [5.41, 5.74) is 0.481. The molecule has 1 nitrogen and oxygen atoms in total. The van der Waals surface area contributed by atoms with Crippen LogP contribution in [0.1, 0.15) is 66.7 Å². The van der Waals surface area contributed by atoms with Crippen LogP contribution in [-0.2, 0) is 4.79 Å². The Hall–Kier alpha value is -0.330. The van der Waals surface area contributed by atoms with Crippen molar-refractivity contribution in [3.8, 4) is 0 Å². The van der Waals surface area contributed by atoms with E-state index >= 15 is 0 Å². The lowest BCUT2D eigenvalue weighted by molar-refractivity contribution is -0.122. The molecule has 0 N–H and O–H groups in total. The molecule has 0 bridgehead atoms.